The first-order chi connectivity index (χ1) is 9.76. The van der Waals surface area contributed by atoms with E-state index in [9.17, 15) is 0 Å². The summed E-state index contributed by atoms with van der Waals surface area (Å²) in [6.07, 6.45) is 0. The van der Waals surface area contributed by atoms with Crippen molar-refractivity contribution < 1.29 is 13.3 Å². The van der Waals surface area contributed by atoms with Crippen LogP contribution in [0.5, 0.6) is 0 Å². The van der Waals surface area contributed by atoms with Gasteiger partial charge in [-0.25, -0.2) is 0 Å². The zero-order chi connectivity index (χ0) is 16.1. The van der Waals surface area contributed by atoms with Gasteiger partial charge in [-0.1, -0.05) is 26.6 Å². The van der Waals surface area contributed by atoms with Crippen LogP contribution in [0.4, 0.5) is 0 Å². The van der Waals surface area contributed by atoms with Crippen LogP contribution in [0.1, 0.15) is 6.92 Å². The second-order valence-electron chi connectivity index (χ2n) is 7.06. The summed E-state index contributed by atoms with van der Waals surface area (Å²) in [5, 5.41) is 0. The maximum Gasteiger partial charge on any atom is 0.500 e. The fourth-order valence-corrected chi connectivity index (χ4v) is 6.56. The summed E-state index contributed by atoms with van der Waals surface area (Å²) < 4.78 is 19.3. The van der Waals surface area contributed by atoms with Gasteiger partial charge in [-0.05, 0) is 5.92 Å². The van der Waals surface area contributed by atoms with Crippen molar-refractivity contribution in [2.75, 3.05) is 54.1 Å². The molecule has 126 valence electrons. The highest BCUT2D eigenvalue weighted by molar-refractivity contribution is 6.73. The molecule has 7 heteroatoms. The molecular formula is C14H34N2O3Si2. The van der Waals surface area contributed by atoms with E-state index in [1.165, 1.54) is 26.2 Å². The zero-order valence-electron chi connectivity index (χ0n) is 14.9. The summed E-state index contributed by atoms with van der Waals surface area (Å²) in [6.45, 7) is 15.4. The summed E-state index contributed by atoms with van der Waals surface area (Å²) in [5.74, 6) is 0.523. The summed E-state index contributed by atoms with van der Waals surface area (Å²) in [4.78, 5) is 2.57. The Morgan fingerprint density at radius 1 is 0.905 bits per heavy atom. The molecule has 0 aromatic heterocycles. The van der Waals surface area contributed by atoms with Gasteiger partial charge >= 0.3 is 8.80 Å². The lowest BCUT2D eigenvalue weighted by Gasteiger charge is -2.42. The molecule has 0 N–H and O–H groups in total. The molecule has 1 rings (SSSR count). The van der Waals surface area contributed by atoms with Gasteiger partial charge in [0.2, 0.25) is 0 Å². The SMILES string of the molecule is CO[Si](CC(C)CN1CCN([Si](C)(C)C)CC1)(OC)OC. The Bertz CT molecular complexity index is 293. The van der Waals surface area contributed by atoms with E-state index in [4.69, 9.17) is 13.3 Å². The summed E-state index contributed by atoms with van der Waals surface area (Å²) in [5.41, 5.74) is 0. The molecule has 0 aliphatic carbocycles. The van der Waals surface area contributed by atoms with Gasteiger partial charge in [0.15, 0.2) is 0 Å². The standard InChI is InChI=1S/C14H34N2O3Si2/c1-14(13-21(17-2,18-3)19-4)12-15-8-10-16(11-9-15)20(5,6)7/h14H,8-13H2,1-7H3. The van der Waals surface area contributed by atoms with E-state index in [-0.39, 0.29) is 0 Å². The van der Waals surface area contributed by atoms with Gasteiger partial charge in [0.25, 0.3) is 0 Å². The number of hydrogen-bond acceptors (Lipinski definition) is 5. The monoisotopic (exact) mass is 334 g/mol. The number of hydrogen-bond donors (Lipinski definition) is 0. The van der Waals surface area contributed by atoms with Gasteiger partial charge in [-0.15, -0.1) is 0 Å². The van der Waals surface area contributed by atoms with Gasteiger partial charge in [0.1, 0.15) is 8.24 Å². The third-order valence-electron chi connectivity index (χ3n) is 4.42. The predicted octanol–water partition coefficient (Wildman–Crippen LogP) is 1.95. The van der Waals surface area contributed by atoms with E-state index in [2.05, 4.69) is 36.0 Å². The third kappa shape index (κ3) is 5.74. The van der Waals surface area contributed by atoms with Crippen molar-refractivity contribution in [1.29, 1.82) is 0 Å². The van der Waals surface area contributed by atoms with E-state index in [1.54, 1.807) is 21.3 Å². The average Bonchev–Trinajstić information content (AvgIpc) is 2.44. The first-order valence-corrected chi connectivity index (χ1v) is 13.3. The van der Waals surface area contributed by atoms with E-state index in [0.29, 0.717) is 5.92 Å². The highest BCUT2D eigenvalue weighted by atomic mass is 28.4. The first kappa shape index (κ1) is 19.3. The lowest BCUT2D eigenvalue weighted by molar-refractivity contribution is 0.111. The molecule has 0 spiro atoms. The van der Waals surface area contributed by atoms with Gasteiger partial charge in [0.05, 0.1) is 0 Å². The molecule has 1 unspecified atom stereocenters. The normalized spacial score (nSPS) is 20.7. The van der Waals surface area contributed by atoms with Crippen LogP contribution >= 0.6 is 0 Å². The van der Waals surface area contributed by atoms with Gasteiger partial charge in [0, 0.05) is 60.1 Å². The Balaban J connectivity index is 2.41. The Morgan fingerprint density at radius 2 is 1.38 bits per heavy atom. The highest BCUT2D eigenvalue weighted by Crippen LogP contribution is 2.21. The summed E-state index contributed by atoms with van der Waals surface area (Å²) >= 11 is 0. The molecule has 1 heterocycles. The van der Waals surface area contributed by atoms with Crippen LogP contribution in [0.3, 0.4) is 0 Å². The molecule has 1 atom stereocenters. The van der Waals surface area contributed by atoms with Gasteiger partial charge < -0.3 is 22.7 Å². The smallest absolute Gasteiger partial charge is 0.377 e. The molecule has 0 aromatic carbocycles. The van der Waals surface area contributed by atoms with E-state index in [1.807, 2.05) is 0 Å². The molecule has 1 fully saturated rings. The maximum absolute atomic E-state index is 5.53. The van der Waals surface area contributed by atoms with E-state index in [0.717, 1.165) is 12.6 Å². The number of nitrogens with zero attached hydrogens (tertiary/aromatic N) is 2. The molecule has 0 aromatic rings. The molecule has 0 bridgehead atoms. The van der Waals surface area contributed by atoms with Crippen LogP contribution in [0.25, 0.3) is 0 Å². The molecule has 21 heavy (non-hydrogen) atoms. The topological polar surface area (TPSA) is 34.2 Å². The second-order valence-corrected chi connectivity index (χ2v) is 15.0. The largest absolute Gasteiger partial charge is 0.500 e. The summed E-state index contributed by atoms with van der Waals surface area (Å²) in [7, 11) is 1.51. The highest BCUT2D eigenvalue weighted by Gasteiger charge is 2.40. The first-order valence-electron chi connectivity index (χ1n) is 7.89. The van der Waals surface area contributed by atoms with Crippen molar-refractivity contribution in [1.82, 2.24) is 9.47 Å². The van der Waals surface area contributed by atoms with E-state index >= 15 is 0 Å². The fourth-order valence-electron chi connectivity index (χ4n) is 3.03. The Morgan fingerprint density at radius 3 is 1.76 bits per heavy atom. The maximum atomic E-state index is 5.53. The lowest BCUT2D eigenvalue weighted by atomic mass is 10.2. The number of piperazine rings is 1. The lowest BCUT2D eigenvalue weighted by Crippen LogP contribution is -2.56. The van der Waals surface area contributed by atoms with Crippen LogP contribution in [0.15, 0.2) is 0 Å². The molecule has 1 saturated heterocycles. The fraction of sp³-hybridized carbons (Fsp3) is 1.00. The van der Waals surface area contributed by atoms with Crippen molar-refractivity contribution in [2.45, 2.75) is 32.6 Å². The predicted molar refractivity (Wildman–Crippen MR) is 92.1 cm³/mol. The zero-order valence-corrected chi connectivity index (χ0v) is 16.9. The number of rotatable bonds is 8. The van der Waals surface area contributed by atoms with Gasteiger partial charge in [-0.3, -0.25) is 0 Å². The molecule has 0 saturated carbocycles. The molecule has 1 aliphatic heterocycles. The Labute approximate surface area is 133 Å². The van der Waals surface area contributed by atoms with Crippen LogP contribution in [0.2, 0.25) is 25.7 Å². The van der Waals surface area contributed by atoms with Gasteiger partial charge in [-0.2, -0.15) is 0 Å². The second kappa shape index (κ2) is 8.19. The van der Waals surface area contributed by atoms with Crippen LogP contribution in [0, 0.1) is 5.92 Å². The molecule has 0 radical (unpaired) electrons. The van der Waals surface area contributed by atoms with Crippen molar-refractivity contribution in [3.63, 3.8) is 0 Å². The van der Waals surface area contributed by atoms with Crippen molar-refractivity contribution >= 4 is 17.0 Å². The van der Waals surface area contributed by atoms with Crippen LogP contribution < -0.4 is 0 Å². The van der Waals surface area contributed by atoms with Crippen molar-refractivity contribution in [3.8, 4) is 0 Å². The summed E-state index contributed by atoms with van der Waals surface area (Å²) in [6, 6.07) is 0.880. The van der Waals surface area contributed by atoms with Crippen LogP contribution in [-0.4, -0.2) is 80.6 Å². The Hall–Kier alpha value is 0.234. The van der Waals surface area contributed by atoms with E-state index < -0.39 is 17.0 Å². The quantitative estimate of drug-likeness (QED) is 0.634. The van der Waals surface area contributed by atoms with Crippen LogP contribution in [-0.2, 0) is 13.3 Å². The minimum absolute atomic E-state index is 0.523. The molecule has 1 aliphatic rings. The molecule has 0 amide bonds. The minimum Gasteiger partial charge on any atom is -0.377 e. The third-order valence-corrected chi connectivity index (χ3v) is 9.83. The molecular weight excluding hydrogens is 300 g/mol. The average molecular weight is 335 g/mol. The van der Waals surface area contributed by atoms with Crippen molar-refractivity contribution in [2.24, 2.45) is 5.92 Å². The molecule has 5 nitrogen and oxygen atoms in total. The van der Waals surface area contributed by atoms with Crippen molar-refractivity contribution in [3.05, 3.63) is 0 Å². The minimum atomic E-state index is -2.44. The Kier molecular flexibility index (Phi) is 7.52.